The van der Waals surface area contributed by atoms with Crippen molar-refractivity contribution < 1.29 is 16.8 Å². The Morgan fingerprint density at radius 2 is 1.83 bits per heavy atom. The highest BCUT2D eigenvalue weighted by Gasteiger charge is 2.41. The third-order valence-electron chi connectivity index (χ3n) is 3.60. The van der Waals surface area contributed by atoms with Crippen LogP contribution in [-0.2, 0) is 21.3 Å². The number of hydrogen-bond acceptors (Lipinski definition) is 4. The van der Waals surface area contributed by atoms with Gasteiger partial charge in [0.05, 0.1) is 10.9 Å². The van der Waals surface area contributed by atoms with E-state index in [4.69, 9.17) is 15.8 Å². The Labute approximate surface area is 142 Å². The minimum atomic E-state index is -3.97. The van der Waals surface area contributed by atoms with Crippen molar-refractivity contribution in [2.45, 2.75) is 24.8 Å². The zero-order valence-electron chi connectivity index (χ0n) is 12.4. The number of nitrogens with zero attached hydrogens (tertiary/aromatic N) is 1. The molecule has 0 N–H and O–H groups in total. The Balaban J connectivity index is 2.09. The number of aryl methyl sites for hydroxylation is 1. The van der Waals surface area contributed by atoms with Gasteiger partial charge in [-0.3, -0.25) is 0 Å². The number of hydrogen-bond donors (Lipinski definition) is 0. The lowest BCUT2D eigenvalue weighted by molar-refractivity contribution is 0.403. The van der Waals surface area contributed by atoms with Crippen LogP contribution in [0.2, 0.25) is 5.02 Å². The first kappa shape index (κ1) is 16.4. The van der Waals surface area contributed by atoms with Crippen LogP contribution < -0.4 is 4.18 Å². The van der Waals surface area contributed by atoms with E-state index < -0.39 is 27.3 Å². The molecule has 3 rings (SSSR count). The molecular weight excluding hydrogens is 358 g/mol. The molecule has 8 heteroatoms. The largest absolute Gasteiger partial charge is 0.388 e. The highest BCUT2D eigenvalue weighted by molar-refractivity contribution is 7.99. The Bertz CT molecular complexity index is 881. The first-order chi connectivity index (χ1) is 10.8. The molecule has 2 atom stereocenters. The molecule has 1 aliphatic heterocycles. The highest BCUT2D eigenvalue weighted by Crippen LogP contribution is 2.40. The molecule has 23 heavy (non-hydrogen) atoms. The van der Waals surface area contributed by atoms with Gasteiger partial charge in [0.25, 0.3) is 10.0 Å². The molecule has 0 bridgehead atoms. The molecule has 0 spiro atoms. The quantitative estimate of drug-likeness (QED) is 0.811. The van der Waals surface area contributed by atoms with Crippen molar-refractivity contribution in [3.8, 4) is 5.75 Å². The zero-order chi connectivity index (χ0) is 16.8. The topological polar surface area (TPSA) is 63.7 Å². The normalized spacial score (nSPS) is 21.5. The summed E-state index contributed by atoms with van der Waals surface area (Å²) in [6.45, 7) is 3.51. The van der Waals surface area contributed by atoms with Crippen LogP contribution in [0.25, 0.3) is 0 Å². The molecule has 0 saturated heterocycles. The lowest BCUT2D eigenvalue weighted by Crippen LogP contribution is -2.40. The van der Waals surface area contributed by atoms with E-state index in [-0.39, 0.29) is 4.90 Å². The maximum absolute atomic E-state index is 12.8. The Hall–Kier alpha value is -1.41. The van der Waals surface area contributed by atoms with Crippen molar-refractivity contribution in [1.82, 2.24) is 3.71 Å². The SMILES string of the molecule is Cc1ccc(S(=O)(=O)N2[C@H](C)c3cc(Cl)ccc3OS2=O)cc1. The summed E-state index contributed by atoms with van der Waals surface area (Å²) in [5.74, 6) is 0.371. The molecule has 0 amide bonds. The van der Waals surface area contributed by atoms with Gasteiger partial charge in [0.1, 0.15) is 5.75 Å². The second-order valence-electron chi connectivity index (χ2n) is 5.23. The van der Waals surface area contributed by atoms with Crippen LogP contribution in [0.4, 0.5) is 0 Å². The van der Waals surface area contributed by atoms with Gasteiger partial charge in [-0.1, -0.05) is 33.0 Å². The summed E-state index contributed by atoms with van der Waals surface area (Å²) < 4.78 is 44.1. The summed E-state index contributed by atoms with van der Waals surface area (Å²) in [7, 11) is -3.97. The van der Waals surface area contributed by atoms with Gasteiger partial charge in [-0.2, -0.15) is 4.21 Å². The van der Waals surface area contributed by atoms with E-state index in [1.807, 2.05) is 6.92 Å². The monoisotopic (exact) mass is 371 g/mol. The van der Waals surface area contributed by atoms with E-state index in [9.17, 15) is 12.6 Å². The molecule has 1 unspecified atom stereocenters. The minimum absolute atomic E-state index is 0.0670. The molecule has 5 nitrogen and oxygen atoms in total. The predicted molar refractivity (Wildman–Crippen MR) is 88.8 cm³/mol. The van der Waals surface area contributed by atoms with Gasteiger partial charge in [-0.05, 0) is 44.2 Å². The van der Waals surface area contributed by atoms with Crippen LogP contribution in [0, 0.1) is 6.92 Å². The fourth-order valence-electron chi connectivity index (χ4n) is 2.38. The summed E-state index contributed by atoms with van der Waals surface area (Å²) in [5, 5.41) is 0.458. The fourth-order valence-corrected chi connectivity index (χ4v) is 5.52. The van der Waals surface area contributed by atoms with Crippen LogP contribution in [-0.4, -0.2) is 16.3 Å². The van der Waals surface area contributed by atoms with Gasteiger partial charge in [0.15, 0.2) is 0 Å². The lowest BCUT2D eigenvalue weighted by Gasteiger charge is -2.31. The van der Waals surface area contributed by atoms with Gasteiger partial charge in [0.2, 0.25) is 0 Å². The van der Waals surface area contributed by atoms with E-state index in [0.717, 1.165) is 9.27 Å². The van der Waals surface area contributed by atoms with Crippen LogP contribution >= 0.6 is 11.6 Å². The van der Waals surface area contributed by atoms with Crippen LogP contribution in [0.3, 0.4) is 0 Å². The van der Waals surface area contributed by atoms with Gasteiger partial charge in [0, 0.05) is 10.6 Å². The maximum Gasteiger partial charge on any atom is 0.305 e. The summed E-state index contributed by atoms with van der Waals surface area (Å²) in [5.41, 5.74) is 1.51. The number of sulfonamides is 1. The number of halogens is 1. The smallest absolute Gasteiger partial charge is 0.305 e. The standard InChI is InChI=1S/C15H14ClNO4S2/c1-10-3-6-13(7-4-10)23(19,20)17-11(2)14-9-12(16)5-8-15(14)21-22(17)18/h3-9,11H,1-2H3/t11-,22?/m1/s1. The summed E-state index contributed by atoms with van der Waals surface area (Å²) in [6, 6.07) is 10.5. The van der Waals surface area contributed by atoms with Gasteiger partial charge in [-0.25, -0.2) is 8.42 Å². The second-order valence-corrected chi connectivity index (χ2v) is 8.71. The second kappa shape index (κ2) is 5.90. The molecule has 0 aromatic heterocycles. The number of rotatable bonds is 2. The molecular formula is C15H14ClNO4S2. The minimum Gasteiger partial charge on any atom is -0.388 e. The maximum atomic E-state index is 12.8. The van der Waals surface area contributed by atoms with E-state index in [0.29, 0.717) is 16.3 Å². The average Bonchev–Trinajstić information content (AvgIpc) is 2.48. The van der Waals surface area contributed by atoms with Crippen molar-refractivity contribution in [3.05, 3.63) is 58.6 Å². The fraction of sp³-hybridized carbons (Fsp3) is 0.200. The van der Waals surface area contributed by atoms with Gasteiger partial charge >= 0.3 is 11.3 Å². The summed E-state index contributed by atoms with van der Waals surface area (Å²) >= 11 is 3.83. The first-order valence-corrected chi connectivity index (χ1v) is 9.66. The lowest BCUT2D eigenvalue weighted by atomic mass is 10.1. The summed E-state index contributed by atoms with van der Waals surface area (Å²) in [6.07, 6.45) is 0. The van der Waals surface area contributed by atoms with Crippen molar-refractivity contribution in [1.29, 1.82) is 0 Å². The van der Waals surface area contributed by atoms with Crippen molar-refractivity contribution in [3.63, 3.8) is 0 Å². The zero-order valence-corrected chi connectivity index (χ0v) is 14.8. The molecule has 1 aliphatic rings. The predicted octanol–water partition coefficient (Wildman–Crippen LogP) is 3.37. The Kier molecular flexibility index (Phi) is 4.22. The van der Waals surface area contributed by atoms with Crippen LogP contribution in [0.15, 0.2) is 47.4 Å². The van der Waals surface area contributed by atoms with Crippen LogP contribution in [0.1, 0.15) is 24.1 Å². The first-order valence-electron chi connectivity index (χ1n) is 6.81. The third-order valence-corrected chi connectivity index (χ3v) is 7.38. The molecule has 2 aromatic rings. The van der Waals surface area contributed by atoms with Gasteiger partial charge < -0.3 is 4.18 Å². The molecule has 0 aliphatic carbocycles. The third kappa shape index (κ3) is 2.89. The molecule has 0 radical (unpaired) electrons. The van der Waals surface area contributed by atoms with Crippen molar-refractivity contribution in [2.24, 2.45) is 0 Å². The summed E-state index contributed by atoms with van der Waals surface area (Å²) in [4.78, 5) is 0.0670. The van der Waals surface area contributed by atoms with Gasteiger partial charge in [-0.15, -0.1) is 0 Å². The number of fused-ring (bicyclic) bond motifs is 1. The van der Waals surface area contributed by atoms with E-state index in [1.54, 1.807) is 37.3 Å². The van der Waals surface area contributed by atoms with Crippen molar-refractivity contribution >= 4 is 32.9 Å². The highest BCUT2D eigenvalue weighted by atomic mass is 35.5. The Morgan fingerprint density at radius 1 is 1.17 bits per heavy atom. The molecule has 1 heterocycles. The van der Waals surface area contributed by atoms with Crippen molar-refractivity contribution in [2.75, 3.05) is 0 Å². The molecule has 122 valence electrons. The number of benzene rings is 2. The molecule has 0 saturated carbocycles. The molecule has 2 aromatic carbocycles. The van der Waals surface area contributed by atoms with E-state index in [2.05, 4.69) is 0 Å². The van der Waals surface area contributed by atoms with E-state index in [1.165, 1.54) is 12.1 Å². The Morgan fingerprint density at radius 3 is 2.48 bits per heavy atom. The van der Waals surface area contributed by atoms with Crippen LogP contribution in [0.5, 0.6) is 5.75 Å². The van der Waals surface area contributed by atoms with E-state index >= 15 is 0 Å². The molecule has 0 fully saturated rings. The average molecular weight is 372 g/mol.